The second-order valence-electron chi connectivity index (χ2n) is 5.06. The van der Waals surface area contributed by atoms with Crippen LogP contribution in [0.25, 0.3) is 0 Å². The molecule has 5 heteroatoms. The van der Waals surface area contributed by atoms with Crippen LogP contribution >= 0.6 is 0 Å². The average molecular weight is 277 g/mol. The molecule has 0 aromatic heterocycles. The van der Waals surface area contributed by atoms with Crippen molar-refractivity contribution in [2.75, 3.05) is 38.7 Å². The number of benzene rings is 1. The van der Waals surface area contributed by atoms with Crippen LogP contribution in [0.15, 0.2) is 18.2 Å². The van der Waals surface area contributed by atoms with Gasteiger partial charge in [-0.3, -0.25) is 0 Å². The average Bonchev–Trinajstić information content (AvgIpc) is 2.48. The zero-order valence-electron chi connectivity index (χ0n) is 11.7. The molecule has 0 radical (unpaired) electrons. The smallest absolute Gasteiger partial charge is 0.147 e. The molecule has 2 rings (SSSR count). The number of halogens is 1. The number of rotatable bonds is 5. The molecule has 1 aliphatic heterocycles. The summed E-state index contributed by atoms with van der Waals surface area (Å²) in [6.07, 6.45) is 1.98. The zero-order valence-corrected chi connectivity index (χ0v) is 11.7. The summed E-state index contributed by atoms with van der Waals surface area (Å²) in [5.41, 5.74) is 0.835. The van der Waals surface area contributed by atoms with Gasteiger partial charge in [0, 0.05) is 32.8 Å². The number of piperidine rings is 1. The van der Waals surface area contributed by atoms with E-state index in [2.05, 4.69) is 10.2 Å². The molecule has 1 saturated heterocycles. The number of likely N-dealkylation sites (tertiary alicyclic amines) is 1. The number of nitrogens with one attached hydrogen (secondary N) is 1. The van der Waals surface area contributed by atoms with Crippen molar-refractivity contribution in [1.82, 2.24) is 4.90 Å². The van der Waals surface area contributed by atoms with Gasteiger partial charge in [0.1, 0.15) is 5.82 Å². The highest BCUT2D eigenvalue weighted by molar-refractivity contribution is 5.49. The molecular formula is C15H20FN3O. The highest BCUT2D eigenvalue weighted by Gasteiger charge is 2.19. The number of hydrogen-bond acceptors (Lipinski definition) is 4. The van der Waals surface area contributed by atoms with Gasteiger partial charge in [-0.15, -0.1) is 0 Å². The van der Waals surface area contributed by atoms with Crippen LogP contribution in [0.2, 0.25) is 0 Å². The van der Waals surface area contributed by atoms with E-state index in [-0.39, 0.29) is 11.9 Å². The molecule has 1 aliphatic rings. The summed E-state index contributed by atoms with van der Waals surface area (Å²) in [7, 11) is 1.71. The van der Waals surface area contributed by atoms with Crippen LogP contribution in [0.1, 0.15) is 18.4 Å². The van der Waals surface area contributed by atoms with Crippen molar-refractivity contribution in [3.05, 3.63) is 29.6 Å². The Morgan fingerprint density at radius 3 is 2.80 bits per heavy atom. The van der Waals surface area contributed by atoms with Crippen molar-refractivity contribution >= 4 is 5.69 Å². The summed E-state index contributed by atoms with van der Waals surface area (Å²) >= 11 is 0. The molecule has 1 heterocycles. The van der Waals surface area contributed by atoms with Crippen LogP contribution in [0.5, 0.6) is 0 Å². The fourth-order valence-corrected chi connectivity index (χ4v) is 2.44. The largest absolute Gasteiger partial charge is 0.383 e. The lowest BCUT2D eigenvalue weighted by atomic mass is 10.0. The Morgan fingerprint density at radius 2 is 2.20 bits per heavy atom. The van der Waals surface area contributed by atoms with Gasteiger partial charge in [-0.2, -0.15) is 5.26 Å². The van der Waals surface area contributed by atoms with Gasteiger partial charge in [0.25, 0.3) is 0 Å². The van der Waals surface area contributed by atoms with Crippen molar-refractivity contribution in [1.29, 1.82) is 5.26 Å². The molecule has 0 unspecified atom stereocenters. The third-order valence-electron chi connectivity index (χ3n) is 3.66. The van der Waals surface area contributed by atoms with Crippen molar-refractivity contribution in [3.8, 4) is 6.07 Å². The molecule has 0 amide bonds. The van der Waals surface area contributed by atoms with Gasteiger partial charge in [0.05, 0.1) is 23.9 Å². The van der Waals surface area contributed by atoms with E-state index < -0.39 is 0 Å². The first-order valence-electron chi connectivity index (χ1n) is 6.90. The Kier molecular flexibility index (Phi) is 5.33. The number of nitrogens with zero attached hydrogens (tertiary/aromatic N) is 2. The molecular weight excluding hydrogens is 257 g/mol. The Bertz CT molecular complexity index is 478. The third kappa shape index (κ3) is 3.92. The number of methoxy groups -OCH3 is 1. The van der Waals surface area contributed by atoms with Crippen molar-refractivity contribution in [2.24, 2.45) is 0 Å². The van der Waals surface area contributed by atoms with E-state index in [1.54, 1.807) is 19.2 Å². The highest BCUT2D eigenvalue weighted by atomic mass is 19.1. The Labute approximate surface area is 119 Å². The fraction of sp³-hybridized carbons (Fsp3) is 0.533. The van der Waals surface area contributed by atoms with Crippen LogP contribution in [-0.4, -0.2) is 44.3 Å². The van der Waals surface area contributed by atoms with Crippen molar-refractivity contribution < 1.29 is 9.13 Å². The standard InChI is InChI=1S/C15H20FN3O/c1-20-9-8-19-6-4-13(5-7-19)18-15-3-2-12(11-17)10-14(15)16/h2-3,10,13,18H,4-9H2,1H3. The summed E-state index contributed by atoms with van der Waals surface area (Å²) in [5, 5.41) is 12.0. The van der Waals surface area contributed by atoms with Crippen LogP contribution in [0.4, 0.5) is 10.1 Å². The Morgan fingerprint density at radius 1 is 1.45 bits per heavy atom. The first-order chi connectivity index (χ1) is 9.72. The highest BCUT2D eigenvalue weighted by Crippen LogP contribution is 2.20. The lowest BCUT2D eigenvalue weighted by molar-refractivity contribution is 0.132. The second kappa shape index (κ2) is 7.22. The summed E-state index contributed by atoms with van der Waals surface area (Å²) in [5.74, 6) is -0.356. The van der Waals surface area contributed by atoms with E-state index in [9.17, 15) is 4.39 Å². The third-order valence-corrected chi connectivity index (χ3v) is 3.66. The molecule has 20 heavy (non-hydrogen) atoms. The van der Waals surface area contributed by atoms with Crippen LogP contribution in [-0.2, 0) is 4.74 Å². The number of anilines is 1. The van der Waals surface area contributed by atoms with Gasteiger partial charge in [0.2, 0.25) is 0 Å². The molecule has 0 aliphatic carbocycles. The molecule has 4 nitrogen and oxygen atoms in total. The second-order valence-corrected chi connectivity index (χ2v) is 5.06. The topological polar surface area (TPSA) is 48.3 Å². The molecule has 0 atom stereocenters. The zero-order chi connectivity index (χ0) is 14.4. The van der Waals surface area contributed by atoms with Gasteiger partial charge in [0.15, 0.2) is 0 Å². The molecule has 1 aromatic carbocycles. The van der Waals surface area contributed by atoms with Gasteiger partial charge < -0.3 is 15.0 Å². The van der Waals surface area contributed by atoms with E-state index in [1.165, 1.54) is 6.07 Å². The normalized spacial score (nSPS) is 16.9. The first-order valence-corrected chi connectivity index (χ1v) is 6.90. The maximum atomic E-state index is 13.8. The minimum absolute atomic E-state index is 0.288. The maximum Gasteiger partial charge on any atom is 0.147 e. The van der Waals surface area contributed by atoms with E-state index >= 15 is 0 Å². The van der Waals surface area contributed by atoms with E-state index in [4.69, 9.17) is 10.00 Å². The molecule has 0 bridgehead atoms. The maximum absolute atomic E-state index is 13.8. The molecule has 1 fully saturated rings. The van der Waals surface area contributed by atoms with Gasteiger partial charge >= 0.3 is 0 Å². The molecule has 0 spiro atoms. The van der Waals surface area contributed by atoms with Crippen LogP contribution in [0, 0.1) is 17.1 Å². The summed E-state index contributed by atoms with van der Waals surface area (Å²) in [6.45, 7) is 3.70. The minimum atomic E-state index is -0.356. The van der Waals surface area contributed by atoms with E-state index in [0.29, 0.717) is 11.3 Å². The Hall–Kier alpha value is -1.64. The Balaban J connectivity index is 1.85. The summed E-state index contributed by atoms with van der Waals surface area (Å²) < 4.78 is 18.9. The molecule has 108 valence electrons. The van der Waals surface area contributed by atoms with Gasteiger partial charge in [-0.1, -0.05) is 0 Å². The SMILES string of the molecule is COCCN1CCC(Nc2ccc(C#N)cc2F)CC1. The summed E-state index contributed by atoms with van der Waals surface area (Å²) in [6, 6.07) is 6.78. The number of nitriles is 1. The van der Waals surface area contributed by atoms with Crippen LogP contribution < -0.4 is 5.32 Å². The monoisotopic (exact) mass is 277 g/mol. The first kappa shape index (κ1) is 14.8. The lowest BCUT2D eigenvalue weighted by Crippen LogP contribution is -2.40. The van der Waals surface area contributed by atoms with Gasteiger partial charge in [-0.05, 0) is 31.0 Å². The predicted octanol–water partition coefficient (Wildman–Crippen LogP) is 2.22. The summed E-state index contributed by atoms with van der Waals surface area (Å²) in [4.78, 5) is 2.36. The molecule has 1 aromatic rings. The van der Waals surface area contributed by atoms with Crippen molar-refractivity contribution in [3.63, 3.8) is 0 Å². The number of hydrogen-bond donors (Lipinski definition) is 1. The number of ether oxygens (including phenoxy) is 1. The van der Waals surface area contributed by atoms with E-state index in [1.807, 2.05) is 6.07 Å². The quantitative estimate of drug-likeness (QED) is 0.896. The van der Waals surface area contributed by atoms with E-state index in [0.717, 1.165) is 39.1 Å². The predicted molar refractivity (Wildman–Crippen MR) is 76.1 cm³/mol. The molecule has 0 saturated carbocycles. The molecule has 1 N–H and O–H groups in total. The lowest BCUT2D eigenvalue weighted by Gasteiger charge is -2.32. The fourth-order valence-electron chi connectivity index (χ4n) is 2.44. The van der Waals surface area contributed by atoms with Gasteiger partial charge in [-0.25, -0.2) is 4.39 Å². The minimum Gasteiger partial charge on any atom is -0.383 e. The van der Waals surface area contributed by atoms with Crippen molar-refractivity contribution in [2.45, 2.75) is 18.9 Å². The van der Waals surface area contributed by atoms with Crippen LogP contribution in [0.3, 0.4) is 0 Å².